The van der Waals surface area contributed by atoms with Gasteiger partial charge in [0.2, 0.25) is 0 Å². The van der Waals surface area contributed by atoms with E-state index in [1.54, 1.807) is 39.1 Å². The summed E-state index contributed by atoms with van der Waals surface area (Å²) in [7, 11) is 0. The second kappa shape index (κ2) is 5.76. The lowest BCUT2D eigenvalue weighted by Crippen LogP contribution is -2.32. The summed E-state index contributed by atoms with van der Waals surface area (Å²) in [5, 5.41) is 9.55. The van der Waals surface area contributed by atoms with Crippen molar-refractivity contribution < 1.29 is 19.4 Å². The number of aromatic nitrogens is 2. The maximum Gasteiger partial charge on any atom is 0.420 e. The van der Waals surface area contributed by atoms with Gasteiger partial charge < -0.3 is 15.6 Å². The second-order valence-electron chi connectivity index (χ2n) is 6.07. The molecule has 2 aromatic rings. The van der Waals surface area contributed by atoms with Crippen molar-refractivity contribution in [2.75, 3.05) is 0 Å². The van der Waals surface area contributed by atoms with Crippen LogP contribution in [0.4, 0.5) is 4.79 Å². The van der Waals surface area contributed by atoms with Gasteiger partial charge >= 0.3 is 12.1 Å². The van der Waals surface area contributed by atoms with Crippen molar-refractivity contribution in [2.24, 2.45) is 5.73 Å². The number of carboxylic acids is 1. The predicted molar refractivity (Wildman–Crippen MR) is 80.7 cm³/mol. The fraction of sp³-hybridized carbons (Fsp3) is 0.400. The van der Waals surface area contributed by atoms with E-state index in [0.29, 0.717) is 11.2 Å². The normalized spacial score (nSPS) is 13.1. The number of carbonyl (C=O) groups excluding carboxylic acids is 1. The van der Waals surface area contributed by atoms with Gasteiger partial charge in [0.15, 0.2) is 0 Å². The Bertz CT molecular complexity index is 715. The number of nitrogens with two attached hydrogens (primary N) is 1. The van der Waals surface area contributed by atoms with Crippen LogP contribution < -0.4 is 5.73 Å². The van der Waals surface area contributed by atoms with Crippen LogP contribution in [0.3, 0.4) is 0 Å². The minimum atomic E-state index is -1.06. The molecule has 118 valence electrons. The van der Waals surface area contributed by atoms with Gasteiger partial charge in [0.25, 0.3) is 0 Å². The fourth-order valence-corrected chi connectivity index (χ4v) is 1.98. The van der Waals surface area contributed by atoms with Gasteiger partial charge in [-0.3, -0.25) is 4.79 Å². The molecular formula is C15H19N3O4. The van der Waals surface area contributed by atoms with Crippen LogP contribution in [0.5, 0.6) is 0 Å². The zero-order chi connectivity index (χ0) is 16.5. The Morgan fingerprint density at radius 2 is 2.14 bits per heavy atom. The van der Waals surface area contributed by atoms with E-state index in [1.807, 2.05) is 0 Å². The Labute approximate surface area is 127 Å². The maximum atomic E-state index is 12.1. The molecule has 0 spiro atoms. The van der Waals surface area contributed by atoms with E-state index in [9.17, 15) is 9.59 Å². The van der Waals surface area contributed by atoms with Crippen molar-refractivity contribution in [3.05, 3.63) is 30.1 Å². The lowest BCUT2D eigenvalue weighted by atomic mass is 10.1. The van der Waals surface area contributed by atoms with Crippen LogP contribution in [0.2, 0.25) is 0 Å². The fourth-order valence-electron chi connectivity index (χ4n) is 1.98. The van der Waals surface area contributed by atoms with Crippen molar-refractivity contribution >= 4 is 23.1 Å². The molecule has 2 aromatic heterocycles. The third kappa shape index (κ3) is 3.62. The number of aliphatic carboxylic acids is 1. The number of pyridine rings is 1. The number of carbonyl (C=O) groups is 2. The molecule has 0 fully saturated rings. The number of fused-ring (bicyclic) bond motifs is 1. The molecule has 3 N–H and O–H groups in total. The number of hydrogen-bond donors (Lipinski definition) is 2. The molecule has 7 nitrogen and oxygen atoms in total. The molecule has 0 bridgehead atoms. The Kier molecular flexibility index (Phi) is 4.18. The highest BCUT2D eigenvalue weighted by molar-refractivity contribution is 5.87. The van der Waals surface area contributed by atoms with Gasteiger partial charge in [0.1, 0.15) is 17.3 Å². The second-order valence-corrected chi connectivity index (χ2v) is 6.07. The summed E-state index contributed by atoms with van der Waals surface area (Å²) in [6.45, 7) is 5.36. The van der Waals surface area contributed by atoms with Gasteiger partial charge in [-0.1, -0.05) is 0 Å². The van der Waals surface area contributed by atoms with Crippen LogP contribution in [-0.2, 0) is 16.0 Å². The van der Waals surface area contributed by atoms with Crippen molar-refractivity contribution in [3.63, 3.8) is 0 Å². The monoisotopic (exact) mass is 305 g/mol. The quantitative estimate of drug-likeness (QED) is 0.895. The van der Waals surface area contributed by atoms with E-state index in [-0.39, 0.29) is 6.42 Å². The first-order chi connectivity index (χ1) is 10.2. The van der Waals surface area contributed by atoms with Crippen molar-refractivity contribution in [3.8, 4) is 0 Å². The molecule has 7 heteroatoms. The van der Waals surface area contributed by atoms with Gasteiger partial charge in [0.05, 0.1) is 0 Å². The highest BCUT2D eigenvalue weighted by Crippen LogP contribution is 2.18. The third-order valence-corrected chi connectivity index (χ3v) is 2.95. The number of rotatable bonds is 3. The standard InChI is InChI=1S/C15H19N3O4/c1-15(2,3)22-14(21)18-5-4-10-6-9(8-17-12(10)18)7-11(16)13(19)20/h4-6,8,11H,7,16H2,1-3H3,(H,19,20)/t11-/m0/s1. The molecule has 1 atom stereocenters. The van der Waals surface area contributed by atoms with E-state index in [1.165, 1.54) is 10.8 Å². The number of nitrogens with zero attached hydrogens (tertiary/aromatic N) is 2. The Hall–Kier alpha value is -2.41. The first-order valence-electron chi connectivity index (χ1n) is 6.85. The molecule has 0 aliphatic heterocycles. The molecule has 0 unspecified atom stereocenters. The van der Waals surface area contributed by atoms with Crippen LogP contribution in [0.25, 0.3) is 11.0 Å². The minimum absolute atomic E-state index is 0.176. The molecule has 22 heavy (non-hydrogen) atoms. The van der Waals surface area contributed by atoms with Gasteiger partial charge in [0, 0.05) is 17.8 Å². The molecule has 2 rings (SSSR count). The van der Waals surface area contributed by atoms with Crippen LogP contribution >= 0.6 is 0 Å². The lowest BCUT2D eigenvalue weighted by molar-refractivity contribution is -0.138. The van der Waals surface area contributed by atoms with Crippen LogP contribution in [0.1, 0.15) is 26.3 Å². The van der Waals surface area contributed by atoms with Crippen molar-refractivity contribution in [2.45, 2.75) is 38.8 Å². The Morgan fingerprint density at radius 1 is 1.45 bits per heavy atom. The Morgan fingerprint density at radius 3 is 2.73 bits per heavy atom. The average molecular weight is 305 g/mol. The number of carboxylic acid groups (broad SMARTS) is 1. The highest BCUT2D eigenvalue weighted by atomic mass is 16.6. The third-order valence-electron chi connectivity index (χ3n) is 2.95. The van der Waals surface area contributed by atoms with Gasteiger partial charge in [-0.15, -0.1) is 0 Å². The first kappa shape index (κ1) is 16.0. The first-order valence-corrected chi connectivity index (χ1v) is 6.85. The van der Waals surface area contributed by atoms with Gasteiger partial charge in [-0.25, -0.2) is 14.3 Å². The summed E-state index contributed by atoms with van der Waals surface area (Å²) in [6.07, 6.45) is 2.76. The summed E-state index contributed by atoms with van der Waals surface area (Å²) < 4.78 is 6.62. The minimum Gasteiger partial charge on any atom is -0.480 e. The van der Waals surface area contributed by atoms with Crippen molar-refractivity contribution in [1.82, 2.24) is 9.55 Å². The zero-order valence-corrected chi connectivity index (χ0v) is 12.7. The Balaban J connectivity index is 2.27. The molecule has 0 saturated heterocycles. The molecule has 0 aliphatic rings. The van der Waals surface area contributed by atoms with Gasteiger partial charge in [-0.05, 0) is 44.9 Å². The lowest BCUT2D eigenvalue weighted by Gasteiger charge is -2.19. The molecule has 2 heterocycles. The summed E-state index contributed by atoms with van der Waals surface area (Å²) in [4.78, 5) is 27.1. The van der Waals surface area contributed by atoms with E-state index >= 15 is 0 Å². The summed E-state index contributed by atoms with van der Waals surface area (Å²) in [6, 6.07) is 2.51. The van der Waals surface area contributed by atoms with E-state index in [0.717, 1.165) is 5.39 Å². The molecule has 0 amide bonds. The molecule has 0 aromatic carbocycles. The van der Waals surface area contributed by atoms with Gasteiger partial charge in [-0.2, -0.15) is 0 Å². The smallest absolute Gasteiger partial charge is 0.420 e. The topological polar surface area (TPSA) is 107 Å². The summed E-state index contributed by atoms with van der Waals surface area (Å²) >= 11 is 0. The van der Waals surface area contributed by atoms with Crippen LogP contribution in [-0.4, -0.2) is 38.4 Å². The van der Waals surface area contributed by atoms with Crippen LogP contribution in [0.15, 0.2) is 24.5 Å². The van der Waals surface area contributed by atoms with E-state index in [4.69, 9.17) is 15.6 Å². The summed E-state index contributed by atoms with van der Waals surface area (Å²) in [5.41, 5.74) is 6.07. The molecule has 0 saturated carbocycles. The average Bonchev–Trinajstić information content (AvgIpc) is 2.79. The van der Waals surface area contributed by atoms with E-state index < -0.39 is 23.7 Å². The maximum absolute atomic E-state index is 12.1. The SMILES string of the molecule is CC(C)(C)OC(=O)n1ccc2cc(C[C@H](N)C(=O)O)cnc21. The molecule has 0 aliphatic carbocycles. The predicted octanol–water partition coefficient (Wildman–Crippen LogP) is 1.77. The van der Waals surface area contributed by atoms with Crippen LogP contribution in [0, 0.1) is 0 Å². The molecular weight excluding hydrogens is 286 g/mol. The van der Waals surface area contributed by atoms with Crippen molar-refractivity contribution in [1.29, 1.82) is 0 Å². The zero-order valence-electron chi connectivity index (χ0n) is 12.7. The highest BCUT2D eigenvalue weighted by Gasteiger charge is 2.20. The number of hydrogen-bond acceptors (Lipinski definition) is 5. The largest absolute Gasteiger partial charge is 0.480 e. The van der Waals surface area contributed by atoms with E-state index in [2.05, 4.69) is 4.98 Å². The molecule has 0 radical (unpaired) electrons. The summed E-state index contributed by atoms with van der Waals surface area (Å²) in [5.74, 6) is -1.06. The number of ether oxygens (including phenoxy) is 1.